The van der Waals surface area contributed by atoms with Crippen molar-refractivity contribution in [2.75, 3.05) is 6.61 Å². The number of ether oxygens (including phenoxy) is 1. The molecule has 2 nitrogen and oxygen atoms in total. The highest BCUT2D eigenvalue weighted by Crippen LogP contribution is 2.33. The van der Waals surface area contributed by atoms with E-state index in [0.717, 1.165) is 16.6 Å². The van der Waals surface area contributed by atoms with Gasteiger partial charge in [0, 0.05) is 10.0 Å². The molecule has 0 bridgehead atoms. The first-order valence-electron chi connectivity index (χ1n) is 4.28. The van der Waals surface area contributed by atoms with Crippen molar-refractivity contribution in [1.29, 1.82) is 0 Å². The van der Waals surface area contributed by atoms with Crippen LogP contribution >= 0.6 is 15.9 Å². The molecule has 3 heteroatoms. The molecule has 1 atom stereocenters. The number of hydrogen-bond acceptors (Lipinski definition) is 2. The maximum Gasteiger partial charge on any atom is 0.123 e. The number of nitrogens with two attached hydrogens (primary N) is 1. The van der Waals surface area contributed by atoms with Gasteiger partial charge in [0.1, 0.15) is 12.4 Å². The Bertz CT molecular complexity index is 336. The lowest BCUT2D eigenvalue weighted by molar-refractivity contribution is 0.204. The molecule has 1 unspecified atom stereocenters. The predicted octanol–water partition coefficient (Wildman–Crippen LogP) is 2.10. The Morgan fingerprint density at radius 2 is 2.31 bits per heavy atom. The van der Waals surface area contributed by atoms with Gasteiger partial charge in [-0.25, -0.2) is 0 Å². The number of benzene rings is 1. The predicted molar refractivity (Wildman–Crippen MR) is 55.9 cm³/mol. The molecule has 1 aliphatic rings. The molecule has 1 aliphatic heterocycles. The minimum atomic E-state index is -0.239. The SMILES string of the molecule is CC1(N)COc2cccc(Br)c2C1. The van der Waals surface area contributed by atoms with Crippen LogP contribution in [0, 0.1) is 0 Å². The summed E-state index contributed by atoms with van der Waals surface area (Å²) in [5.74, 6) is 0.956. The van der Waals surface area contributed by atoms with Crippen molar-refractivity contribution in [2.24, 2.45) is 5.73 Å². The van der Waals surface area contributed by atoms with E-state index < -0.39 is 0 Å². The fourth-order valence-corrected chi connectivity index (χ4v) is 2.03. The Morgan fingerprint density at radius 1 is 1.54 bits per heavy atom. The second-order valence-corrected chi connectivity index (χ2v) is 4.69. The molecule has 0 saturated heterocycles. The van der Waals surface area contributed by atoms with Crippen molar-refractivity contribution >= 4 is 15.9 Å². The lowest BCUT2D eigenvalue weighted by Gasteiger charge is -2.31. The second kappa shape index (κ2) is 3.00. The fraction of sp³-hybridized carbons (Fsp3) is 0.400. The lowest BCUT2D eigenvalue weighted by atomic mass is 9.92. The molecule has 1 heterocycles. The molecular formula is C10H12BrNO. The summed E-state index contributed by atoms with van der Waals surface area (Å²) in [5, 5.41) is 0. The third kappa shape index (κ3) is 1.71. The van der Waals surface area contributed by atoms with E-state index in [1.54, 1.807) is 0 Å². The highest BCUT2D eigenvalue weighted by atomic mass is 79.9. The maximum absolute atomic E-state index is 6.02. The van der Waals surface area contributed by atoms with Gasteiger partial charge in [-0.15, -0.1) is 0 Å². The van der Waals surface area contributed by atoms with Crippen LogP contribution in [0.15, 0.2) is 22.7 Å². The zero-order chi connectivity index (χ0) is 9.47. The number of hydrogen-bond donors (Lipinski definition) is 1. The molecule has 0 saturated carbocycles. The Balaban J connectivity index is 2.44. The highest BCUT2D eigenvalue weighted by molar-refractivity contribution is 9.10. The van der Waals surface area contributed by atoms with Gasteiger partial charge in [-0.3, -0.25) is 0 Å². The van der Waals surface area contributed by atoms with Gasteiger partial charge in [-0.2, -0.15) is 0 Å². The molecule has 13 heavy (non-hydrogen) atoms. The average Bonchev–Trinajstić information content (AvgIpc) is 2.06. The molecule has 70 valence electrons. The van der Waals surface area contributed by atoms with Crippen LogP contribution in [0.25, 0.3) is 0 Å². The van der Waals surface area contributed by atoms with Crippen LogP contribution in [0.2, 0.25) is 0 Å². The van der Waals surface area contributed by atoms with Crippen LogP contribution in [0.4, 0.5) is 0 Å². The summed E-state index contributed by atoms with van der Waals surface area (Å²) >= 11 is 3.50. The van der Waals surface area contributed by atoms with E-state index >= 15 is 0 Å². The van der Waals surface area contributed by atoms with Gasteiger partial charge in [0.25, 0.3) is 0 Å². The molecule has 0 aliphatic carbocycles. The first-order valence-corrected chi connectivity index (χ1v) is 5.07. The van der Waals surface area contributed by atoms with E-state index in [2.05, 4.69) is 15.9 Å². The van der Waals surface area contributed by atoms with Crippen LogP contribution in [-0.2, 0) is 6.42 Å². The standard InChI is InChI=1S/C10H12BrNO/c1-10(12)5-7-8(11)3-2-4-9(7)13-6-10/h2-4H,5-6,12H2,1H3. The van der Waals surface area contributed by atoms with E-state index in [4.69, 9.17) is 10.5 Å². The molecule has 0 spiro atoms. The van der Waals surface area contributed by atoms with E-state index in [0.29, 0.717) is 6.61 Å². The van der Waals surface area contributed by atoms with Crippen LogP contribution in [0.5, 0.6) is 5.75 Å². The minimum Gasteiger partial charge on any atom is -0.491 e. The third-order valence-corrected chi connectivity index (χ3v) is 2.96. The third-order valence-electron chi connectivity index (χ3n) is 2.21. The van der Waals surface area contributed by atoms with Gasteiger partial charge in [-0.05, 0) is 25.5 Å². The first kappa shape index (κ1) is 9.03. The molecule has 2 N–H and O–H groups in total. The van der Waals surface area contributed by atoms with Gasteiger partial charge < -0.3 is 10.5 Å². The summed E-state index contributed by atoms with van der Waals surface area (Å²) in [6, 6.07) is 5.97. The van der Waals surface area contributed by atoms with Crippen molar-refractivity contribution in [3.05, 3.63) is 28.2 Å². The summed E-state index contributed by atoms with van der Waals surface area (Å²) in [7, 11) is 0. The minimum absolute atomic E-state index is 0.239. The summed E-state index contributed by atoms with van der Waals surface area (Å²) in [5.41, 5.74) is 6.96. The quantitative estimate of drug-likeness (QED) is 0.756. The van der Waals surface area contributed by atoms with Crippen molar-refractivity contribution in [1.82, 2.24) is 0 Å². The van der Waals surface area contributed by atoms with E-state index in [1.807, 2.05) is 25.1 Å². The summed E-state index contributed by atoms with van der Waals surface area (Å²) < 4.78 is 6.65. The average molecular weight is 242 g/mol. The number of halogens is 1. The second-order valence-electron chi connectivity index (χ2n) is 3.84. The van der Waals surface area contributed by atoms with Crippen LogP contribution < -0.4 is 10.5 Å². The molecule has 1 aromatic rings. The van der Waals surface area contributed by atoms with Gasteiger partial charge in [-0.1, -0.05) is 22.0 Å². The fourth-order valence-electron chi connectivity index (χ4n) is 1.54. The summed E-state index contributed by atoms with van der Waals surface area (Å²) in [6.45, 7) is 2.60. The van der Waals surface area contributed by atoms with Gasteiger partial charge >= 0.3 is 0 Å². The van der Waals surface area contributed by atoms with E-state index in [1.165, 1.54) is 5.56 Å². The zero-order valence-corrected chi connectivity index (χ0v) is 9.10. The van der Waals surface area contributed by atoms with Crippen LogP contribution in [0.3, 0.4) is 0 Å². The first-order chi connectivity index (χ1) is 6.08. The molecule has 2 rings (SSSR count). The molecule has 1 aromatic carbocycles. The Labute approximate surface area is 86.2 Å². The van der Waals surface area contributed by atoms with Crippen molar-refractivity contribution in [3.63, 3.8) is 0 Å². The van der Waals surface area contributed by atoms with Crippen molar-refractivity contribution < 1.29 is 4.74 Å². The van der Waals surface area contributed by atoms with Crippen molar-refractivity contribution in [2.45, 2.75) is 18.9 Å². The zero-order valence-electron chi connectivity index (χ0n) is 7.51. The normalized spacial score (nSPS) is 26.4. The van der Waals surface area contributed by atoms with Gasteiger partial charge in [0.05, 0.1) is 5.54 Å². The topological polar surface area (TPSA) is 35.2 Å². The molecule has 0 fully saturated rings. The number of fused-ring (bicyclic) bond motifs is 1. The molecule has 0 radical (unpaired) electrons. The van der Waals surface area contributed by atoms with Crippen LogP contribution in [0.1, 0.15) is 12.5 Å². The van der Waals surface area contributed by atoms with Gasteiger partial charge in [0.2, 0.25) is 0 Å². The summed E-state index contributed by atoms with van der Waals surface area (Å²) in [4.78, 5) is 0. The Morgan fingerprint density at radius 3 is 3.08 bits per heavy atom. The Hall–Kier alpha value is -0.540. The molecule has 0 aromatic heterocycles. The van der Waals surface area contributed by atoms with Crippen molar-refractivity contribution in [3.8, 4) is 5.75 Å². The molecular weight excluding hydrogens is 230 g/mol. The van der Waals surface area contributed by atoms with Gasteiger partial charge in [0.15, 0.2) is 0 Å². The van der Waals surface area contributed by atoms with E-state index in [-0.39, 0.29) is 5.54 Å². The monoisotopic (exact) mass is 241 g/mol. The lowest BCUT2D eigenvalue weighted by Crippen LogP contribution is -2.47. The largest absolute Gasteiger partial charge is 0.491 e. The highest BCUT2D eigenvalue weighted by Gasteiger charge is 2.28. The number of rotatable bonds is 0. The smallest absolute Gasteiger partial charge is 0.123 e. The van der Waals surface area contributed by atoms with E-state index in [9.17, 15) is 0 Å². The summed E-state index contributed by atoms with van der Waals surface area (Å²) in [6.07, 6.45) is 0.865. The maximum atomic E-state index is 6.02. The Kier molecular flexibility index (Phi) is 2.08. The molecule has 0 amide bonds. The van der Waals surface area contributed by atoms with Crippen LogP contribution in [-0.4, -0.2) is 12.1 Å².